The van der Waals surface area contributed by atoms with Gasteiger partial charge >= 0.3 is 6.18 Å². The molecule has 1 heterocycles. The Morgan fingerprint density at radius 2 is 1.84 bits per heavy atom. The first-order valence-electron chi connectivity index (χ1n) is 12.1. The summed E-state index contributed by atoms with van der Waals surface area (Å²) in [6.07, 6.45) is -0.578. The number of methoxy groups -OCH3 is 1. The molecule has 4 atom stereocenters. The lowest BCUT2D eigenvalue weighted by molar-refractivity contribution is -0.137. The molecule has 1 saturated heterocycles. The molecule has 2 aliphatic carbocycles. The van der Waals surface area contributed by atoms with Crippen LogP contribution in [0.4, 0.5) is 13.2 Å². The first kappa shape index (κ1) is 25.6. The van der Waals surface area contributed by atoms with Gasteiger partial charge in [0.1, 0.15) is 11.8 Å². The van der Waals surface area contributed by atoms with E-state index in [9.17, 15) is 31.2 Å². The van der Waals surface area contributed by atoms with Crippen LogP contribution in [0.15, 0.2) is 47.4 Å². The molecule has 5 rings (SSSR count). The van der Waals surface area contributed by atoms with E-state index in [0.29, 0.717) is 12.0 Å². The number of piperidine rings is 1. The molecule has 0 spiro atoms. The smallest absolute Gasteiger partial charge is 0.416 e. The van der Waals surface area contributed by atoms with E-state index in [2.05, 4.69) is 5.32 Å². The molecule has 2 aromatic rings. The Kier molecular flexibility index (Phi) is 6.24. The van der Waals surface area contributed by atoms with Crippen molar-refractivity contribution in [3.8, 4) is 5.75 Å². The fourth-order valence-corrected chi connectivity index (χ4v) is 5.93. The van der Waals surface area contributed by atoms with Crippen molar-refractivity contribution < 1.29 is 35.9 Å². The Bertz CT molecular complexity index is 1360. The van der Waals surface area contributed by atoms with Crippen molar-refractivity contribution in [2.75, 3.05) is 13.4 Å². The molecule has 2 amide bonds. The molecule has 3 fully saturated rings. The van der Waals surface area contributed by atoms with E-state index in [1.54, 1.807) is 0 Å². The second kappa shape index (κ2) is 9.04. The average Bonchev–Trinajstić information content (AvgIpc) is 3.78. The van der Waals surface area contributed by atoms with Crippen molar-refractivity contribution >= 4 is 21.7 Å². The first-order valence-corrected chi connectivity index (χ1v) is 14.0. The number of benzene rings is 2. The minimum Gasteiger partial charge on any atom is -0.496 e. The van der Waals surface area contributed by atoms with Crippen molar-refractivity contribution in [1.82, 2.24) is 10.2 Å². The molecule has 2 aromatic carbocycles. The summed E-state index contributed by atoms with van der Waals surface area (Å²) in [5.74, 6) is -0.491. The Hall–Kier alpha value is -3.08. The van der Waals surface area contributed by atoms with Crippen LogP contribution in [-0.2, 0) is 20.8 Å². The predicted octanol–water partition coefficient (Wildman–Crippen LogP) is 3.99. The van der Waals surface area contributed by atoms with Crippen molar-refractivity contribution in [2.45, 2.75) is 54.9 Å². The van der Waals surface area contributed by atoms with Crippen LogP contribution in [0.1, 0.15) is 53.2 Å². The van der Waals surface area contributed by atoms with Gasteiger partial charge in [-0.15, -0.1) is 0 Å². The zero-order valence-corrected chi connectivity index (χ0v) is 21.1. The summed E-state index contributed by atoms with van der Waals surface area (Å²) in [5, 5.41) is 2.99. The second-order valence-corrected chi connectivity index (χ2v) is 12.1. The minimum absolute atomic E-state index is 0.0223. The van der Waals surface area contributed by atoms with Crippen LogP contribution < -0.4 is 10.1 Å². The monoisotopic (exact) mass is 536 g/mol. The molecule has 7 nitrogen and oxygen atoms in total. The molecule has 0 radical (unpaired) electrons. The second-order valence-electron chi connectivity index (χ2n) is 10.1. The van der Waals surface area contributed by atoms with Gasteiger partial charge in [-0.05, 0) is 67.9 Å². The van der Waals surface area contributed by atoms with Crippen molar-refractivity contribution in [3.63, 3.8) is 0 Å². The minimum atomic E-state index is -4.52. The number of halogens is 3. The van der Waals surface area contributed by atoms with Gasteiger partial charge in [0.25, 0.3) is 5.91 Å². The quantitative estimate of drug-likeness (QED) is 0.578. The van der Waals surface area contributed by atoms with Crippen LogP contribution in [-0.4, -0.2) is 50.6 Å². The molecule has 0 bridgehead atoms. The van der Waals surface area contributed by atoms with Gasteiger partial charge in [-0.1, -0.05) is 12.1 Å². The van der Waals surface area contributed by atoms with Gasteiger partial charge in [0, 0.05) is 23.4 Å². The summed E-state index contributed by atoms with van der Waals surface area (Å²) < 4.78 is 68.8. The number of fused-ring (bicyclic) bond motifs is 1. The highest BCUT2D eigenvalue weighted by molar-refractivity contribution is 7.90. The maximum absolute atomic E-state index is 13.5. The number of likely N-dealkylation sites (tertiary alicyclic amines) is 1. The Labute approximate surface area is 212 Å². The Balaban J connectivity index is 1.39. The number of alkyl halides is 3. The first-order chi connectivity index (χ1) is 17.4. The van der Waals surface area contributed by atoms with Crippen LogP contribution >= 0.6 is 0 Å². The van der Waals surface area contributed by atoms with Gasteiger partial charge in [0.15, 0.2) is 9.84 Å². The van der Waals surface area contributed by atoms with Gasteiger partial charge in [-0.2, -0.15) is 13.2 Å². The number of rotatable bonds is 7. The third kappa shape index (κ3) is 5.05. The summed E-state index contributed by atoms with van der Waals surface area (Å²) in [7, 11) is -2.22. The highest BCUT2D eigenvalue weighted by Gasteiger charge is 2.56. The summed E-state index contributed by atoms with van der Waals surface area (Å²) in [4.78, 5) is 28.5. The molecular formula is C26H27F3N2O5S. The van der Waals surface area contributed by atoms with Gasteiger partial charge in [-0.25, -0.2) is 8.42 Å². The van der Waals surface area contributed by atoms with Crippen LogP contribution in [0.25, 0.3) is 0 Å². The Morgan fingerprint density at radius 1 is 1.11 bits per heavy atom. The summed E-state index contributed by atoms with van der Waals surface area (Å²) in [6, 6.07) is 7.64. The fourth-order valence-electron chi connectivity index (χ4n) is 5.26. The van der Waals surface area contributed by atoms with Gasteiger partial charge < -0.3 is 15.0 Å². The standard InChI is InChI=1S/C26H27F3N2O5S/c1-36-22-13-17(26(27,28)29)8-9-19(22)23(14-6-7-14)30-24(32)21-12-16-11-20(16)31(21)25(33)15-4-3-5-18(10-15)37(2,34)35/h3-5,8-10,13-14,16,20-21,23H,6-7,11-12H2,1-2H3,(H,30,32)/t16-,20-,21-,23?/m1/s1. The summed E-state index contributed by atoms with van der Waals surface area (Å²) >= 11 is 0. The van der Waals surface area contributed by atoms with Gasteiger partial charge in [-0.3, -0.25) is 9.59 Å². The van der Waals surface area contributed by atoms with Crippen LogP contribution in [0.3, 0.4) is 0 Å². The molecule has 11 heteroatoms. The van der Waals surface area contributed by atoms with E-state index >= 15 is 0 Å². The molecule has 0 aromatic heterocycles. The number of carbonyl (C=O) groups excluding carboxylic acids is 2. The normalized spacial score (nSPS) is 23.8. The van der Waals surface area contributed by atoms with Crippen molar-refractivity contribution in [2.24, 2.45) is 11.8 Å². The molecule has 1 unspecified atom stereocenters. The lowest BCUT2D eigenvalue weighted by Gasteiger charge is -2.30. The lowest BCUT2D eigenvalue weighted by Crippen LogP contribution is -2.49. The molecule has 2 saturated carbocycles. The Morgan fingerprint density at radius 3 is 2.46 bits per heavy atom. The maximum atomic E-state index is 13.5. The number of sulfone groups is 1. The van der Waals surface area contributed by atoms with E-state index in [1.807, 2.05) is 0 Å². The zero-order chi connectivity index (χ0) is 26.7. The van der Waals surface area contributed by atoms with Crippen molar-refractivity contribution in [1.29, 1.82) is 0 Å². The van der Waals surface area contributed by atoms with E-state index in [1.165, 1.54) is 42.3 Å². The number of carbonyl (C=O) groups is 2. The van der Waals surface area contributed by atoms with E-state index < -0.39 is 39.6 Å². The number of ether oxygens (including phenoxy) is 1. The molecule has 3 aliphatic rings. The highest BCUT2D eigenvalue weighted by Crippen LogP contribution is 2.49. The van der Waals surface area contributed by atoms with Crippen molar-refractivity contribution in [3.05, 3.63) is 59.2 Å². The number of nitrogens with one attached hydrogen (secondary N) is 1. The van der Waals surface area contributed by atoms with E-state index in [4.69, 9.17) is 4.74 Å². The average molecular weight is 537 g/mol. The molecule has 37 heavy (non-hydrogen) atoms. The third-order valence-corrected chi connectivity index (χ3v) is 8.55. The topological polar surface area (TPSA) is 92.8 Å². The molecular weight excluding hydrogens is 509 g/mol. The number of nitrogens with zero attached hydrogens (tertiary/aromatic N) is 1. The van der Waals surface area contributed by atoms with Crippen LogP contribution in [0, 0.1) is 11.8 Å². The van der Waals surface area contributed by atoms with E-state index in [0.717, 1.165) is 37.7 Å². The number of amides is 2. The summed E-state index contributed by atoms with van der Waals surface area (Å²) in [5.41, 5.74) is -0.178. The molecule has 198 valence electrons. The highest BCUT2D eigenvalue weighted by atomic mass is 32.2. The number of hydrogen-bond donors (Lipinski definition) is 1. The zero-order valence-electron chi connectivity index (χ0n) is 20.3. The fraction of sp³-hybridized carbons (Fsp3) is 0.462. The van der Waals surface area contributed by atoms with Crippen LogP contribution in [0.5, 0.6) is 5.75 Å². The van der Waals surface area contributed by atoms with Gasteiger partial charge in [0.2, 0.25) is 5.91 Å². The lowest BCUT2D eigenvalue weighted by atomic mass is 9.98. The summed E-state index contributed by atoms with van der Waals surface area (Å²) in [6.45, 7) is 0. The third-order valence-electron chi connectivity index (χ3n) is 7.44. The van der Waals surface area contributed by atoms with E-state index in [-0.39, 0.29) is 40.0 Å². The predicted molar refractivity (Wildman–Crippen MR) is 128 cm³/mol. The molecule has 1 N–H and O–H groups in total. The molecule has 1 aliphatic heterocycles. The maximum Gasteiger partial charge on any atom is 0.416 e. The van der Waals surface area contributed by atoms with Gasteiger partial charge in [0.05, 0.1) is 23.6 Å². The van der Waals surface area contributed by atoms with Crippen LogP contribution in [0.2, 0.25) is 0 Å². The SMILES string of the molecule is COc1cc(C(F)(F)F)ccc1C(NC(=O)[C@H]1C[C@H]2C[C@H]2N1C(=O)c1cccc(S(C)(=O)=O)c1)C1CC1. The largest absolute Gasteiger partial charge is 0.496 e. The number of hydrogen-bond acceptors (Lipinski definition) is 5.